The van der Waals surface area contributed by atoms with Crippen molar-refractivity contribution < 1.29 is 4.74 Å². The van der Waals surface area contributed by atoms with Crippen LogP contribution in [0.4, 0.5) is 0 Å². The van der Waals surface area contributed by atoms with Crippen LogP contribution in [-0.2, 0) is 17.6 Å². The van der Waals surface area contributed by atoms with Gasteiger partial charge in [-0.05, 0) is 43.7 Å². The van der Waals surface area contributed by atoms with Crippen molar-refractivity contribution in [3.8, 4) is 0 Å². The molecular weight excluding hydrogens is 312 g/mol. The van der Waals surface area contributed by atoms with Crippen molar-refractivity contribution in [2.24, 2.45) is 4.99 Å². The molecule has 1 aromatic carbocycles. The predicted molar refractivity (Wildman–Crippen MR) is 104 cm³/mol. The summed E-state index contributed by atoms with van der Waals surface area (Å²) in [6.45, 7) is 6.86. The van der Waals surface area contributed by atoms with Crippen LogP contribution in [0.2, 0.25) is 0 Å². The second-order valence-corrected chi connectivity index (χ2v) is 7.01. The number of nitrogens with one attached hydrogen (secondary N) is 3. The third-order valence-electron chi connectivity index (χ3n) is 5.11. The van der Waals surface area contributed by atoms with Gasteiger partial charge in [0.05, 0.1) is 5.60 Å². The molecule has 1 atom stereocenters. The highest BCUT2D eigenvalue weighted by atomic mass is 16.5. The van der Waals surface area contributed by atoms with E-state index in [0.717, 1.165) is 51.3 Å². The van der Waals surface area contributed by atoms with Gasteiger partial charge in [-0.2, -0.15) is 0 Å². The fourth-order valence-electron chi connectivity index (χ4n) is 3.56. The van der Waals surface area contributed by atoms with Crippen LogP contribution in [0, 0.1) is 0 Å². The fraction of sp³-hybridized carbons (Fsp3) is 0.550. The zero-order valence-corrected chi connectivity index (χ0v) is 15.6. The summed E-state index contributed by atoms with van der Waals surface area (Å²) in [5, 5.41) is 8.13. The maximum absolute atomic E-state index is 5.82. The van der Waals surface area contributed by atoms with E-state index in [2.05, 4.69) is 58.9 Å². The third kappa shape index (κ3) is 4.15. The number of hydrogen-bond donors (Lipinski definition) is 3. The highest BCUT2D eigenvalue weighted by molar-refractivity contribution is 5.86. The lowest BCUT2D eigenvalue weighted by atomic mass is 10.0. The van der Waals surface area contributed by atoms with Crippen LogP contribution >= 0.6 is 0 Å². The summed E-state index contributed by atoms with van der Waals surface area (Å²) in [7, 11) is 1.81. The average Bonchev–Trinajstić information content (AvgIpc) is 3.24. The summed E-state index contributed by atoms with van der Waals surface area (Å²) in [6, 6.07) is 6.54. The summed E-state index contributed by atoms with van der Waals surface area (Å²) < 4.78 is 5.82. The fourth-order valence-corrected chi connectivity index (χ4v) is 3.56. The van der Waals surface area contributed by atoms with Crippen molar-refractivity contribution in [2.75, 3.05) is 26.7 Å². The van der Waals surface area contributed by atoms with Gasteiger partial charge in [0.1, 0.15) is 0 Å². The first kappa shape index (κ1) is 17.8. The number of nitrogens with zero attached hydrogens (tertiary/aromatic N) is 1. The summed E-state index contributed by atoms with van der Waals surface area (Å²) in [4.78, 5) is 7.76. The molecule has 0 amide bonds. The first-order valence-corrected chi connectivity index (χ1v) is 9.31. The number of ether oxygens (including phenoxy) is 1. The number of rotatable bonds is 6. The minimum atomic E-state index is -0.0645. The molecule has 3 rings (SSSR count). The summed E-state index contributed by atoms with van der Waals surface area (Å²) in [5.41, 5.74) is 3.93. The van der Waals surface area contributed by atoms with Gasteiger partial charge in [-0.15, -0.1) is 0 Å². The average molecular weight is 342 g/mol. The molecule has 0 bridgehead atoms. The quantitative estimate of drug-likeness (QED) is 0.559. The van der Waals surface area contributed by atoms with Crippen LogP contribution in [0.3, 0.4) is 0 Å². The molecule has 25 heavy (non-hydrogen) atoms. The lowest BCUT2D eigenvalue weighted by Crippen LogP contribution is -2.45. The molecule has 0 spiro atoms. The van der Waals surface area contributed by atoms with E-state index in [-0.39, 0.29) is 5.60 Å². The first-order valence-electron chi connectivity index (χ1n) is 9.31. The van der Waals surface area contributed by atoms with E-state index < -0.39 is 0 Å². The Balaban J connectivity index is 1.53. The number of H-pyrrole nitrogens is 1. The SMILES string of the molecule is CCc1cccc2c(CCNC(=NC)NCC3(C)CCCO3)c[nH]c12. The molecule has 1 fully saturated rings. The third-order valence-corrected chi connectivity index (χ3v) is 5.11. The summed E-state index contributed by atoms with van der Waals surface area (Å²) >= 11 is 0. The number of aryl methyl sites for hydroxylation is 1. The smallest absolute Gasteiger partial charge is 0.191 e. The number of aromatic amines is 1. The van der Waals surface area contributed by atoms with Crippen molar-refractivity contribution in [2.45, 2.75) is 45.1 Å². The van der Waals surface area contributed by atoms with Crippen molar-refractivity contribution in [1.82, 2.24) is 15.6 Å². The molecular formula is C20H30N4O. The van der Waals surface area contributed by atoms with Crippen LogP contribution < -0.4 is 10.6 Å². The second kappa shape index (κ2) is 7.91. The van der Waals surface area contributed by atoms with Gasteiger partial charge in [-0.1, -0.05) is 25.1 Å². The number of hydrogen-bond acceptors (Lipinski definition) is 2. The minimum absolute atomic E-state index is 0.0645. The number of guanidine groups is 1. The van der Waals surface area contributed by atoms with Crippen molar-refractivity contribution >= 4 is 16.9 Å². The molecule has 3 N–H and O–H groups in total. The molecule has 2 aromatic rings. The maximum Gasteiger partial charge on any atom is 0.191 e. The van der Waals surface area contributed by atoms with E-state index in [4.69, 9.17) is 4.74 Å². The molecule has 136 valence electrons. The Labute approximate surface area is 150 Å². The molecule has 1 aliphatic rings. The van der Waals surface area contributed by atoms with Gasteiger partial charge in [-0.25, -0.2) is 0 Å². The number of benzene rings is 1. The minimum Gasteiger partial charge on any atom is -0.373 e. The van der Waals surface area contributed by atoms with Gasteiger partial charge in [0.15, 0.2) is 5.96 Å². The Morgan fingerprint density at radius 2 is 2.20 bits per heavy atom. The molecule has 0 aliphatic carbocycles. The summed E-state index contributed by atoms with van der Waals surface area (Å²) in [6.07, 6.45) is 6.39. The van der Waals surface area contributed by atoms with E-state index in [1.807, 2.05) is 7.05 Å². The van der Waals surface area contributed by atoms with E-state index in [9.17, 15) is 0 Å². The lowest BCUT2D eigenvalue weighted by Gasteiger charge is -2.24. The first-order chi connectivity index (χ1) is 12.1. The molecule has 0 saturated carbocycles. The van der Waals surface area contributed by atoms with Gasteiger partial charge in [0.2, 0.25) is 0 Å². The number of aliphatic imine (C=N–C) groups is 1. The normalized spacial score (nSPS) is 21.0. The largest absolute Gasteiger partial charge is 0.373 e. The Morgan fingerprint density at radius 1 is 1.32 bits per heavy atom. The second-order valence-electron chi connectivity index (χ2n) is 7.01. The molecule has 2 heterocycles. The molecule has 1 aromatic heterocycles. The zero-order valence-electron chi connectivity index (χ0n) is 15.6. The topological polar surface area (TPSA) is 61.4 Å². The maximum atomic E-state index is 5.82. The van der Waals surface area contributed by atoms with Crippen LogP contribution in [0.25, 0.3) is 10.9 Å². The molecule has 1 aliphatic heterocycles. The lowest BCUT2D eigenvalue weighted by molar-refractivity contribution is 0.0243. The number of aromatic nitrogens is 1. The number of fused-ring (bicyclic) bond motifs is 1. The monoisotopic (exact) mass is 342 g/mol. The predicted octanol–water partition coefficient (Wildman–Crippen LogP) is 3.01. The van der Waals surface area contributed by atoms with Gasteiger partial charge >= 0.3 is 0 Å². The Hall–Kier alpha value is -2.01. The van der Waals surface area contributed by atoms with Gasteiger partial charge in [0, 0.05) is 43.8 Å². The molecule has 5 nitrogen and oxygen atoms in total. The van der Waals surface area contributed by atoms with Gasteiger partial charge < -0.3 is 20.4 Å². The Kier molecular flexibility index (Phi) is 5.63. The van der Waals surface area contributed by atoms with Gasteiger partial charge in [-0.3, -0.25) is 4.99 Å². The Bertz CT molecular complexity index is 728. The highest BCUT2D eigenvalue weighted by Crippen LogP contribution is 2.24. The Morgan fingerprint density at radius 3 is 2.92 bits per heavy atom. The van der Waals surface area contributed by atoms with Crippen LogP contribution in [0.15, 0.2) is 29.4 Å². The van der Waals surface area contributed by atoms with Crippen molar-refractivity contribution in [3.63, 3.8) is 0 Å². The standard InChI is InChI=1S/C20H30N4O/c1-4-15-7-5-8-17-16(13-23-18(15)17)9-11-22-19(21-3)24-14-20(2)10-6-12-25-20/h5,7-8,13,23H,4,6,9-12,14H2,1-3H3,(H2,21,22,24). The molecule has 5 heteroatoms. The zero-order chi connectivity index (χ0) is 17.7. The highest BCUT2D eigenvalue weighted by Gasteiger charge is 2.29. The molecule has 1 saturated heterocycles. The van der Waals surface area contributed by atoms with Crippen LogP contribution in [0.1, 0.15) is 37.8 Å². The van der Waals surface area contributed by atoms with E-state index in [1.165, 1.54) is 22.0 Å². The van der Waals surface area contributed by atoms with Crippen molar-refractivity contribution in [3.05, 3.63) is 35.5 Å². The van der Waals surface area contributed by atoms with Crippen LogP contribution in [0.5, 0.6) is 0 Å². The molecule has 0 radical (unpaired) electrons. The van der Waals surface area contributed by atoms with Crippen LogP contribution in [-0.4, -0.2) is 43.3 Å². The van der Waals surface area contributed by atoms with Gasteiger partial charge in [0.25, 0.3) is 0 Å². The van der Waals surface area contributed by atoms with E-state index >= 15 is 0 Å². The van der Waals surface area contributed by atoms with E-state index in [1.54, 1.807) is 0 Å². The summed E-state index contributed by atoms with van der Waals surface area (Å²) in [5.74, 6) is 0.839. The van der Waals surface area contributed by atoms with E-state index in [0.29, 0.717) is 0 Å². The number of para-hydroxylation sites is 1. The molecule has 1 unspecified atom stereocenters. The van der Waals surface area contributed by atoms with Crippen molar-refractivity contribution in [1.29, 1.82) is 0 Å².